The summed E-state index contributed by atoms with van der Waals surface area (Å²) in [6.07, 6.45) is 2.90. The van der Waals surface area contributed by atoms with Crippen LogP contribution in [0.1, 0.15) is 43.5 Å². The minimum atomic E-state index is -0.661. The molecule has 1 aromatic carbocycles. The van der Waals surface area contributed by atoms with Gasteiger partial charge in [-0.05, 0) is 19.4 Å². The molecule has 1 rings (SSSR count). The largest absolute Gasteiger partial charge is 0.350 e. The van der Waals surface area contributed by atoms with Crippen LogP contribution in [-0.2, 0) is 0 Å². The topological polar surface area (TPSA) is 72.2 Å². The molecule has 110 valence electrons. The minimum absolute atomic E-state index is 0.00374. The second kappa shape index (κ2) is 7.45. The van der Waals surface area contributed by atoms with E-state index in [4.69, 9.17) is 23.2 Å². The molecule has 0 radical (unpaired) electrons. The highest BCUT2D eigenvalue weighted by atomic mass is 35.5. The number of benzene rings is 1. The van der Waals surface area contributed by atoms with Crippen molar-refractivity contribution in [3.05, 3.63) is 37.9 Å². The molecule has 0 saturated heterocycles. The second-order valence-corrected chi connectivity index (χ2v) is 5.35. The quantitative estimate of drug-likeness (QED) is 0.630. The number of nitro benzene ring substituents is 1. The van der Waals surface area contributed by atoms with Gasteiger partial charge >= 0.3 is 0 Å². The van der Waals surface area contributed by atoms with Gasteiger partial charge in [-0.25, -0.2) is 0 Å². The molecule has 0 heterocycles. The van der Waals surface area contributed by atoms with E-state index in [1.165, 1.54) is 6.07 Å². The van der Waals surface area contributed by atoms with Gasteiger partial charge in [-0.3, -0.25) is 14.9 Å². The molecule has 0 aromatic heterocycles. The van der Waals surface area contributed by atoms with Crippen LogP contribution in [0.3, 0.4) is 0 Å². The highest BCUT2D eigenvalue weighted by molar-refractivity contribution is 6.43. The maximum atomic E-state index is 12.0. The van der Waals surface area contributed by atoms with E-state index < -0.39 is 10.8 Å². The molecule has 0 aliphatic rings. The summed E-state index contributed by atoms with van der Waals surface area (Å²) in [5.41, 5.74) is -0.236. The molecule has 20 heavy (non-hydrogen) atoms. The van der Waals surface area contributed by atoms with Crippen molar-refractivity contribution in [1.82, 2.24) is 5.32 Å². The van der Waals surface area contributed by atoms with Gasteiger partial charge in [-0.1, -0.05) is 43.0 Å². The molecule has 5 nitrogen and oxygen atoms in total. The van der Waals surface area contributed by atoms with Gasteiger partial charge in [0.1, 0.15) is 5.02 Å². The maximum Gasteiger partial charge on any atom is 0.290 e. The second-order valence-electron chi connectivity index (χ2n) is 4.57. The average molecular weight is 319 g/mol. The molecule has 0 bridgehead atoms. The van der Waals surface area contributed by atoms with Crippen molar-refractivity contribution >= 4 is 34.8 Å². The summed E-state index contributed by atoms with van der Waals surface area (Å²) >= 11 is 11.5. The summed E-state index contributed by atoms with van der Waals surface area (Å²) in [4.78, 5) is 22.2. The lowest BCUT2D eigenvalue weighted by molar-refractivity contribution is -0.384. The number of halogens is 2. The number of nitro groups is 1. The fraction of sp³-hybridized carbons (Fsp3) is 0.462. The van der Waals surface area contributed by atoms with E-state index in [1.807, 2.05) is 6.92 Å². The normalized spacial score (nSPS) is 12.0. The first-order valence-electron chi connectivity index (χ1n) is 6.31. The Morgan fingerprint density at radius 1 is 1.45 bits per heavy atom. The highest BCUT2D eigenvalue weighted by Crippen LogP contribution is 2.33. The van der Waals surface area contributed by atoms with Gasteiger partial charge in [-0.15, -0.1) is 0 Å². The molecule has 0 aliphatic heterocycles. The van der Waals surface area contributed by atoms with Crippen LogP contribution in [0.5, 0.6) is 0 Å². The SMILES string of the molecule is CCCCC(C)NC(=O)c1cc(Cl)c(Cl)c([N+](=O)[O-])c1. The molecule has 0 aliphatic carbocycles. The molecular formula is C13H16Cl2N2O3. The zero-order chi connectivity index (χ0) is 15.3. The summed E-state index contributed by atoms with van der Waals surface area (Å²) in [7, 11) is 0. The van der Waals surface area contributed by atoms with Crippen molar-refractivity contribution in [1.29, 1.82) is 0 Å². The first-order chi connectivity index (χ1) is 9.36. The number of hydrogen-bond donors (Lipinski definition) is 1. The Balaban J connectivity index is 2.91. The smallest absolute Gasteiger partial charge is 0.290 e. The lowest BCUT2D eigenvalue weighted by Crippen LogP contribution is -2.32. The van der Waals surface area contributed by atoms with Crippen molar-refractivity contribution in [2.24, 2.45) is 0 Å². The molecule has 1 atom stereocenters. The number of hydrogen-bond acceptors (Lipinski definition) is 3. The summed E-state index contributed by atoms with van der Waals surface area (Å²) in [6, 6.07) is 2.46. The molecule has 1 unspecified atom stereocenters. The van der Waals surface area contributed by atoms with Gasteiger partial charge < -0.3 is 5.32 Å². The third kappa shape index (κ3) is 4.35. The lowest BCUT2D eigenvalue weighted by atomic mass is 10.1. The zero-order valence-corrected chi connectivity index (χ0v) is 12.8. The Hall–Kier alpha value is -1.33. The van der Waals surface area contributed by atoms with E-state index in [9.17, 15) is 14.9 Å². The molecule has 7 heteroatoms. The molecule has 0 saturated carbocycles. The fourth-order valence-electron chi connectivity index (χ4n) is 1.73. The van der Waals surface area contributed by atoms with E-state index in [-0.39, 0.29) is 27.3 Å². The van der Waals surface area contributed by atoms with E-state index in [1.54, 1.807) is 0 Å². The molecular weight excluding hydrogens is 303 g/mol. The fourth-order valence-corrected chi connectivity index (χ4v) is 2.12. The predicted octanol–water partition coefficient (Wildman–Crippen LogP) is 4.21. The molecule has 1 N–H and O–H groups in total. The number of carbonyl (C=O) groups excluding carboxylic acids is 1. The standard InChI is InChI=1S/C13H16Cl2N2O3/c1-3-4-5-8(2)16-13(18)9-6-10(14)12(15)11(7-9)17(19)20/h6-8H,3-5H2,1-2H3,(H,16,18). The first-order valence-corrected chi connectivity index (χ1v) is 7.06. The van der Waals surface area contributed by atoms with E-state index in [0.717, 1.165) is 25.3 Å². The maximum absolute atomic E-state index is 12.0. The highest BCUT2D eigenvalue weighted by Gasteiger charge is 2.20. The monoisotopic (exact) mass is 318 g/mol. The lowest BCUT2D eigenvalue weighted by Gasteiger charge is -2.13. The number of amides is 1. The third-order valence-corrected chi connectivity index (χ3v) is 3.63. The molecule has 0 spiro atoms. The Bertz CT molecular complexity index is 521. The van der Waals surface area contributed by atoms with Crippen LogP contribution in [0.4, 0.5) is 5.69 Å². The molecule has 1 amide bonds. The van der Waals surface area contributed by atoms with Crippen LogP contribution in [0.25, 0.3) is 0 Å². The van der Waals surface area contributed by atoms with Crippen LogP contribution in [0.2, 0.25) is 10.0 Å². The van der Waals surface area contributed by atoms with Crippen LogP contribution >= 0.6 is 23.2 Å². The van der Waals surface area contributed by atoms with Crippen molar-refractivity contribution < 1.29 is 9.72 Å². The van der Waals surface area contributed by atoms with Gasteiger partial charge in [0, 0.05) is 17.7 Å². The van der Waals surface area contributed by atoms with Crippen molar-refractivity contribution in [2.45, 2.75) is 39.2 Å². The van der Waals surface area contributed by atoms with Gasteiger partial charge in [0.25, 0.3) is 11.6 Å². The molecule has 0 fully saturated rings. The predicted molar refractivity (Wildman–Crippen MR) is 79.6 cm³/mol. The molecule has 1 aromatic rings. The van der Waals surface area contributed by atoms with Crippen LogP contribution in [0.15, 0.2) is 12.1 Å². The third-order valence-electron chi connectivity index (χ3n) is 2.84. The van der Waals surface area contributed by atoms with E-state index in [0.29, 0.717) is 0 Å². The van der Waals surface area contributed by atoms with Gasteiger partial charge in [0.05, 0.1) is 9.95 Å². The van der Waals surface area contributed by atoms with E-state index >= 15 is 0 Å². The Labute approximate surface area is 127 Å². The number of rotatable bonds is 6. The minimum Gasteiger partial charge on any atom is -0.350 e. The van der Waals surface area contributed by atoms with Gasteiger partial charge in [-0.2, -0.15) is 0 Å². The average Bonchev–Trinajstić information content (AvgIpc) is 2.38. The Morgan fingerprint density at radius 3 is 2.65 bits per heavy atom. The van der Waals surface area contributed by atoms with Crippen LogP contribution < -0.4 is 5.32 Å². The number of unbranched alkanes of at least 4 members (excludes halogenated alkanes) is 1. The number of nitrogens with zero attached hydrogens (tertiary/aromatic N) is 1. The summed E-state index contributed by atoms with van der Waals surface area (Å²) in [5.74, 6) is -0.393. The van der Waals surface area contributed by atoms with Crippen LogP contribution in [0, 0.1) is 10.1 Å². The number of nitrogens with one attached hydrogen (secondary N) is 1. The first kappa shape index (κ1) is 16.7. The Kier molecular flexibility index (Phi) is 6.23. The van der Waals surface area contributed by atoms with E-state index in [2.05, 4.69) is 12.2 Å². The van der Waals surface area contributed by atoms with Crippen molar-refractivity contribution in [3.8, 4) is 0 Å². The van der Waals surface area contributed by atoms with Gasteiger partial charge in [0.2, 0.25) is 0 Å². The van der Waals surface area contributed by atoms with Gasteiger partial charge in [0.15, 0.2) is 0 Å². The summed E-state index contributed by atoms with van der Waals surface area (Å²) < 4.78 is 0. The van der Waals surface area contributed by atoms with Crippen molar-refractivity contribution in [3.63, 3.8) is 0 Å². The summed E-state index contributed by atoms with van der Waals surface area (Å²) in [5, 5.41) is 13.5. The summed E-state index contributed by atoms with van der Waals surface area (Å²) in [6.45, 7) is 3.95. The van der Waals surface area contributed by atoms with Crippen molar-refractivity contribution in [2.75, 3.05) is 0 Å². The van der Waals surface area contributed by atoms with Crippen LogP contribution in [-0.4, -0.2) is 16.9 Å². The zero-order valence-electron chi connectivity index (χ0n) is 11.3. The Morgan fingerprint density at radius 2 is 2.10 bits per heavy atom. The number of carbonyl (C=O) groups is 1.